The van der Waals surface area contributed by atoms with Crippen molar-refractivity contribution in [2.24, 2.45) is 5.92 Å². The number of aromatic nitrogens is 1. The van der Waals surface area contributed by atoms with E-state index < -0.39 is 80.3 Å². The molecule has 0 bridgehead atoms. The summed E-state index contributed by atoms with van der Waals surface area (Å²) in [5.74, 6) is -3.27. The lowest BCUT2D eigenvalue weighted by atomic mass is 10.0. The smallest absolute Gasteiger partial charge is 0.408 e. The molecule has 2 saturated carbocycles. The number of nitrogens with zero attached hydrogens (tertiary/aromatic N) is 2. The zero-order valence-corrected chi connectivity index (χ0v) is 27.7. The van der Waals surface area contributed by atoms with E-state index in [1.165, 1.54) is 17.2 Å². The Labute approximate surface area is 274 Å². The fourth-order valence-electron chi connectivity index (χ4n) is 5.99. The molecule has 4 amide bonds. The molecule has 2 aliphatic heterocycles. The minimum Gasteiger partial charge on any atom is -0.456 e. The van der Waals surface area contributed by atoms with E-state index in [0.717, 1.165) is 12.8 Å². The van der Waals surface area contributed by atoms with Crippen LogP contribution in [0.5, 0.6) is 0 Å². The van der Waals surface area contributed by atoms with Crippen LogP contribution in [0.2, 0.25) is 0 Å². The average molecular weight is 674 g/mol. The number of esters is 1. The van der Waals surface area contributed by atoms with Gasteiger partial charge in [-0.25, -0.2) is 23.0 Å². The standard InChI is InChI=1S/C32H43N5O9S/c1-31(2,3)46-30(42)34-23-12-8-6-4-5-7-11-20-18-32(20,29(41)36-47(43,44)22-14-15-22)35-26(38)25-17-21(19-37(25)27(23)39)45-28(40)24-13-9-10-16-33-24/h7,9-11,13,16,20-23,25H,4-6,8,12,14-15,17-19H2,1-3H3,(H,34,42)(H,35,38)(H,36,41)/b11-7-/t20-,21-,23+,25+,32-/m1/s1. The average Bonchev–Trinajstić information content (AvgIpc) is 3.92. The molecule has 3 heterocycles. The first-order chi connectivity index (χ1) is 22.2. The molecule has 0 spiro atoms. The van der Waals surface area contributed by atoms with Crippen LogP contribution in [0.25, 0.3) is 0 Å². The van der Waals surface area contributed by atoms with Crippen molar-refractivity contribution in [2.45, 2.75) is 113 Å². The highest BCUT2D eigenvalue weighted by molar-refractivity contribution is 7.91. The topological polar surface area (TPSA) is 190 Å². The van der Waals surface area contributed by atoms with Gasteiger partial charge in [0.05, 0.1) is 11.8 Å². The molecule has 2 aliphatic carbocycles. The van der Waals surface area contributed by atoms with Gasteiger partial charge in [-0.05, 0) is 71.4 Å². The quantitative estimate of drug-likeness (QED) is 0.298. The van der Waals surface area contributed by atoms with E-state index in [-0.39, 0.29) is 31.5 Å². The molecule has 0 aromatic carbocycles. The second-order valence-electron chi connectivity index (χ2n) is 13.7. The Morgan fingerprint density at radius 2 is 1.85 bits per heavy atom. The second kappa shape index (κ2) is 13.6. The molecule has 256 valence electrons. The predicted octanol–water partition coefficient (Wildman–Crippen LogP) is 2.10. The number of ether oxygens (including phenoxy) is 2. The molecule has 47 heavy (non-hydrogen) atoms. The zero-order valence-electron chi connectivity index (χ0n) is 26.9. The van der Waals surface area contributed by atoms with E-state index in [9.17, 15) is 32.4 Å². The Balaban J connectivity index is 1.42. The number of fused-ring (bicyclic) bond motifs is 2. The summed E-state index contributed by atoms with van der Waals surface area (Å²) in [6.45, 7) is 4.95. The molecular formula is C32H43N5O9S. The van der Waals surface area contributed by atoms with Crippen LogP contribution >= 0.6 is 0 Å². The Kier molecular flexibility index (Phi) is 9.94. The van der Waals surface area contributed by atoms with E-state index in [4.69, 9.17) is 9.47 Å². The van der Waals surface area contributed by atoms with Crippen molar-refractivity contribution in [1.82, 2.24) is 25.2 Å². The number of hydrogen-bond donors (Lipinski definition) is 3. The Morgan fingerprint density at radius 3 is 2.53 bits per heavy atom. The Morgan fingerprint density at radius 1 is 1.09 bits per heavy atom. The highest BCUT2D eigenvalue weighted by Gasteiger charge is 2.62. The van der Waals surface area contributed by atoms with Gasteiger partial charge in [0.15, 0.2) is 0 Å². The number of nitrogens with one attached hydrogen (secondary N) is 3. The van der Waals surface area contributed by atoms with Crippen LogP contribution < -0.4 is 15.4 Å². The lowest BCUT2D eigenvalue weighted by Crippen LogP contribution is -2.58. The SMILES string of the molecule is CC(C)(C)OC(=O)N[C@H]1CCCCC/C=C\[C@@H]2C[C@@]2(C(=O)NS(=O)(=O)C2CC2)NC(=O)[C@@H]2C[C@@H](OC(=O)c3ccccn3)CN2C1=O. The molecule has 3 N–H and O–H groups in total. The van der Waals surface area contributed by atoms with Crippen molar-refractivity contribution in [3.8, 4) is 0 Å². The summed E-state index contributed by atoms with van der Waals surface area (Å²) in [5, 5.41) is 4.80. The number of rotatable bonds is 6. The number of carbonyl (C=O) groups excluding carboxylic acids is 5. The summed E-state index contributed by atoms with van der Waals surface area (Å²) < 4.78 is 38.6. The molecule has 1 aromatic heterocycles. The van der Waals surface area contributed by atoms with Crippen molar-refractivity contribution < 1.29 is 41.9 Å². The van der Waals surface area contributed by atoms with Crippen molar-refractivity contribution in [2.75, 3.05) is 6.54 Å². The molecule has 1 aromatic rings. The van der Waals surface area contributed by atoms with Crippen LogP contribution in [0, 0.1) is 5.92 Å². The van der Waals surface area contributed by atoms with Crippen molar-refractivity contribution in [3.63, 3.8) is 0 Å². The van der Waals surface area contributed by atoms with Gasteiger partial charge >= 0.3 is 12.1 Å². The molecule has 14 nitrogen and oxygen atoms in total. The molecule has 5 rings (SSSR count). The van der Waals surface area contributed by atoms with Crippen molar-refractivity contribution in [1.29, 1.82) is 0 Å². The van der Waals surface area contributed by atoms with Crippen LogP contribution in [0.4, 0.5) is 4.79 Å². The number of alkyl carbamates (subject to hydrolysis) is 1. The Bertz CT molecular complexity index is 1520. The van der Waals surface area contributed by atoms with E-state index in [1.807, 2.05) is 12.2 Å². The zero-order chi connectivity index (χ0) is 34.0. The predicted molar refractivity (Wildman–Crippen MR) is 168 cm³/mol. The van der Waals surface area contributed by atoms with Gasteiger partial charge in [-0.1, -0.05) is 31.1 Å². The number of hydrogen-bond acceptors (Lipinski definition) is 10. The summed E-state index contributed by atoms with van der Waals surface area (Å²) in [4.78, 5) is 72.6. The first-order valence-electron chi connectivity index (χ1n) is 16.2. The first-order valence-corrected chi connectivity index (χ1v) is 17.7. The van der Waals surface area contributed by atoms with Gasteiger partial charge in [0.1, 0.15) is 35.0 Å². The summed E-state index contributed by atoms with van der Waals surface area (Å²) in [5.41, 5.74) is -2.29. The molecule has 4 aliphatic rings. The van der Waals surface area contributed by atoms with Crippen molar-refractivity contribution in [3.05, 3.63) is 42.2 Å². The summed E-state index contributed by atoms with van der Waals surface area (Å²) >= 11 is 0. The maximum Gasteiger partial charge on any atom is 0.408 e. The maximum atomic E-state index is 14.1. The fraction of sp³-hybridized carbons (Fsp3) is 0.625. The lowest BCUT2D eigenvalue weighted by molar-refractivity contribution is -0.141. The number of sulfonamides is 1. The van der Waals surface area contributed by atoms with E-state index in [2.05, 4.69) is 20.3 Å². The molecule has 5 atom stereocenters. The first kappa shape index (κ1) is 34.3. The van der Waals surface area contributed by atoms with E-state index in [0.29, 0.717) is 25.7 Å². The highest BCUT2D eigenvalue weighted by Crippen LogP contribution is 2.46. The van der Waals surface area contributed by atoms with Crippen LogP contribution in [0.1, 0.15) is 89.0 Å². The number of carbonyl (C=O) groups is 5. The minimum absolute atomic E-state index is 0.0531. The second-order valence-corrected chi connectivity index (χ2v) is 15.7. The third kappa shape index (κ3) is 8.48. The number of allylic oxidation sites excluding steroid dienone is 1. The van der Waals surface area contributed by atoms with Gasteiger partial charge in [-0.15, -0.1) is 0 Å². The molecular weight excluding hydrogens is 630 g/mol. The van der Waals surface area contributed by atoms with Gasteiger partial charge in [-0.3, -0.25) is 19.1 Å². The van der Waals surface area contributed by atoms with Crippen LogP contribution in [-0.4, -0.2) is 89.2 Å². The third-order valence-electron chi connectivity index (χ3n) is 8.68. The van der Waals surface area contributed by atoms with Gasteiger partial charge in [0, 0.05) is 18.5 Å². The van der Waals surface area contributed by atoms with E-state index in [1.54, 1.807) is 32.9 Å². The van der Waals surface area contributed by atoms with Gasteiger partial charge in [0.25, 0.3) is 5.91 Å². The minimum atomic E-state index is -3.89. The largest absolute Gasteiger partial charge is 0.456 e. The van der Waals surface area contributed by atoms with Crippen LogP contribution in [-0.2, 0) is 33.9 Å². The molecule has 1 saturated heterocycles. The third-order valence-corrected chi connectivity index (χ3v) is 10.5. The number of amides is 4. The summed E-state index contributed by atoms with van der Waals surface area (Å²) in [6.07, 6.45) is 7.57. The Hall–Kier alpha value is -4.01. The van der Waals surface area contributed by atoms with Crippen LogP contribution in [0.15, 0.2) is 36.5 Å². The maximum absolute atomic E-state index is 14.1. The van der Waals surface area contributed by atoms with Gasteiger partial charge in [0.2, 0.25) is 21.8 Å². The lowest BCUT2D eigenvalue weighted by Gasteiger charge is -2.30. The summed E-state index contributed by atoms with van der Waals surface area (Å²) in [7, 11) is -3.89. The van der Waals surface area contributed by atoms with Crippen molar-refractivity contribution >= 4 is 39.8 Å². The van der Waals surface area contributed by atoms with Crippen LogP contribution in [0.3, 0.4) is 0 Å². The summed E-state index contributed by atoms with van der Waals surface area (Å²) in [6, 6.07) is 2.52. The molecule has 15 heteroatoms. The number of pyridine rings is 1. The molecule has 3 fully saturated rings. The molecule has 0 radical (unpaired) electrons. The van der Waals surface area contributed by atoms with E-state index >= 15 is 0 Å². The normalized spacial score (nSPS) is 29.1. The fourth-order valence-corrected chi connectivity index (χ4v) is 7.36. The highest BCUT2D eigenvalue weighted by atomic mass is 32.2. The van der Waals surface area contributed by atoms with Gasteiger partial charge < -0.3 is 25.0 Å². The van der Waals surface area contributed by atoms with Gasteiger partial charge in [-0.2, -0.15) is 0 Å². The monoisotopic (exact) mass is 673 g/mol. The molecule has 0 unspecified atom stereocenters.